The van der Waals surface area contributed by atoms with Crippen LogP contribution in [-0.4, -0.2) is 96.3 Å². The Morgan fingerprint density at radius 2 is 0.721 bits per heavy atom. The summed E-state index contributed by atoms with van der Waals surface area (Å²) in [7, 11) is 0. The molecule has 0 aliphatic carbocycles. The first-order chi connectivity index (χ1) is 60.6. The van der Waals surface area contributed by atoms with Crippen molar-refractivity contribution in [1.29, 1.82) is 0 Å². The minimum atomic E-state index is -4.68. The zero-order chi connectivity index (χ0) is 94.9. The molecule has 0 aromatic heterocycles. The normalized spacial score (nSPS) is 17.7. The van der Waals surface area contributed by atoms with Crippen molar-refractivity contribution in [2.45, 2.75) is 231 Å². The second-order valence-corrected chi connectivity index (χ2v) is 43.6. The number of alkyl halides is 6. The monoisotopic (exact) mass is 1930 g/mol. The molecule has 5 saturated heterocycles. The minimum absolute atomic E-state index is 0.0966. The van der Waals surface area contributed by atoms with E-state index in [1.807, 2.05) is 50.2 Å². The summed E-state index contributed by atoms with van der Waals surface area (Å²) in [6.45, 7) is 53.2. The van der Waals surface area contributed by atoms with Crippen molar-refractivity contribution in [1.82, 2.24) is 24.5 Å². The molecule has 3 atom stereocenters. The highest BCUT2D eigenvalue weighted by Gasteiger charge is 2.37. The standard InChI is InChI=1S/2C20H25N.C17H25Cl2N.C17H23ClF3N.C15H21Cl2N.C10H12Cl2.C10H10ClF3O/c2*1-16(2)19-13-14-21(15-19)20(17-9-5-3-6-10-17)18-11-7-4-8-12-18;1-12(15-6-5-14(18)11-16(15)19)20-9-7-13(8-10-20)17(2,3)4;1-16(2,3)13-4-6-22(7-5-13)11-12-8-14(17(19,20)21)10-15(18)9-12;1-11(2)13-5-7-18(8-6-13)10-12-3-4-14(16)15(17)9-12;1-10(2,3)7-4-8(11)6-9(12)5-7;1-6(2)7-3-8(11)5-9(4-7)15-10(12,13)14/h2*3-12,16,19-20H,13-15H2,1-2H3;5-6,11-13H,7-10H2,1-4H3;8-10,13H,4-7,11H2,1-3H3;3-4,9,11,13H,5-8,10H2,1-2H3;4-6H,1-3H3;3-6H,1-2H3/t2*19-;;;;;/m10...../s1. The number of benzene rings is 9. The van der Waals surface area contributed by atoms with E-state index < -0.39 is 18.1 Å². The van der Waals surface area contributed by atoms with Crippen molar-refractivity contribution >= 4 is 92.8 Å². The van der Waals surface area contributed by atoms with Gasteiger partial charge in [-0.2, -0.15) is 13.2 Å². The van der Waals surface area contributed by atoms with E-state index in [-0.39, 0.29) is 27.1 Å². The number of halogens is 14. The van der Waals surface area contributed by atoms with E-state index in [0.29, 0.717) is 77.7 Å². The van der Waals surface area contributed by atoms with E-state index in [0.717, 1.165) is 104 Å². The van der Waals surface area contributed by atoms with E-state index >= 15 is 0 Å². The van der Waals surface area contributed by atoms with Crippen molar-refractivity contribution in [3.63, 3.8) is 0 Å². The predicted octanol–water partition coefficient (Wildman–Crippen LogP) is 34.5. The van der Waals surface area contributed by atoms with Gasteiger partial charge in [0.1, 0.15) is 5.75 Å². The number of piperidine rings is 3. The quantitative estimate of drug-likeness (QED) is 0.0843. The summed E-state index contributed by atoms with van der Waals surface area (Å²) in [5, 5.41) is 4.57. The van der Waals surface area contributed by atoms with Crippen molar-refractivity contribution < 1.29 is 31.1 Å². The van der Waals surface area contributed by atoms with Gasteiger partial charge in [0, 0.05) is 62.4 Å². The molecule has 5 aliphatic heterocycles. The highest BCUT2D eigenvalue weighted by molar-refractivity contribution is 6.42. The Morgan fingerprint density at radius 3 is 1.10 bits per heavy atom. The maximum atomic E-state index is 12.8. The Labute approximate surface area is 810 Å². The zero-order valence-electron chi connectivity index (χ0n) is 79.2. The van der Waals surface area contributed by atoms with Crippen molar-refractivity contribution in [3.8, 4) is 5.75 Å². The van der Waals surface area contributed by atoms with Crippen LogP contribution in [0.2, 0.25) is 40.2 Å². The average molecular weight is 1930 g/mol. The van der Waals surface area contributed by atoms with Gasteiger partial charge < -0.3 is 4.74 Å². The highest BCUT2D eigenvalue weighted by Crippen LogP contribution is 2.43. The van der Waals surface area contributed by atoms with E-state index in [1.54, 1.807) is 18.2 Å². The van der Waals surface area contributed by atoms with E-state index in [2.05, 4.69) is 273 Å². The first-order valence-corrected chi connectivity index (χ1v) is 49.3. The van der Waals surface area contributed by atoms with Crippen LogP contribution in [0.5, 0.6) is 5.75 Å². The third-order valence-corrected chi connectivity index (χ3v) is 28.5. The zero-order valence-corrected chi connectivity index (χ0v) is 85.3. The summed E-state index contributed by atoms with van der Waals surface area (Å²) >= 11 is 47.5. The molecular weight excluding hydrogens is 1790 g/mol. The summed E-state index contributed by atoms with van der Waals surface area (Å²) < 4.78 is 78.1. The molecule has 0 amide bonds. The van der Waals surface area contributed by atoms with E-state index in [1.165, 1.54) is 129 Å². The molecule has 0 radical (unpaired) electrons. The van der Waals surface area contributed by atoms with Crippen LogP contribution in [0.3, 0.4) is 0 Å². The van der Waals surface area contributed by atoms with Gasteiger partial charge in [-0.05, 0) is 309 Å². The fourth-order valence-corrected chi connectivity index (χ4v) is 19.9. The fourth-order valence-electron chi connectivity index (χ4n) is 18.0. The average Bonchev–Trinajstić information content (AvgIpc) is 1.63. The van der Waals surface area contributed by atoms with Gasteiger partial charge in [-0.1, -0.05) is 344 Å². The first kappa shape index (κ1) is 109. The smallest absolute Gasteiger partial charge is 0.406 e. The third kappa shape index (κ3) is 36.2. The molecule has 0 spiro atoms. The largest absolute Gasteiger partial charge is 0.573 e. The molecule has 0 N–H and O–H groups in total. The summed E-state index contributed by atoms with van der Waals surface area (Å²) in [6, 6.07) is 70.3. The Kier molecular flexibility index (Phi) is 42.9. The Hall–Kier alpha value is -5.52. The van der Waals surface area contributed by atoms with Gasteiger partial charge in [0.2, 0.25) is 0 Å². The van der Waals surface area contributed by atoms with Crippen LogP contribution in [0.25, 0.3) is 0 Å². The molecule has 14 rings (SSSR count). The van der Waals surface area contributed by atoms with E-state index in [9.17, 15) is 26.3 Å². The molecule has 5 aliphatic rings. The van der Waals surface area contributed by atoms with Gasteiger partial charge in [-0.3, -0.25) is 24.5 Å². The van der Waals surface area contributed by atoms with Gasteiger partial charge in [-0.25, -0.2) is 0 Å². The van der Waals surface area contributed by atoms with Gasteiger partial charge in [0.25, 0.3) is 0 Å². The van der Waals surface area contributed by atoms with Crippen LogP contribution in [0, 0.1) is 58.2 Å². The molecule has 706 valence electrons. The molecule has 5 heterocycles. The van der Waals surface area contributed by atoms with Crippen LogP contribution in [0.4, 0.5) is 26.3 Å². The molecule has 20 heteroatoms. The topological polar surface area (TPSA) is 25.4 Å². The maximum Gasteiger partial charge on any atom is 0.573 e. The molecule has 5 fully saturated rings. The van der Waals surface area contributed by atoms with Gasteiger partial charge in [0.05, 0.1) is 27.7 Å². The lowest BCUT2D eigenvalue weighted by Crippen LogP contribution is -2.39. The van der Waals surface area contributed by atoms with Crippen LogP contribution < -0.4 is 4.74 Å². The summed E-state index contributed by atoms with van der Waals surface area (Å²) in [5.74, 6) is 6.26. The van der Waals surface area contributed by atoms with Gasteiger partial charge in [0.15, 0.2) is 0 Å². The first-order valence-electron chi connectivity index (χ1n) is 46.2. The molecule has 9 aromatic carbocycles. The SMILES string of the molecule is CC(C)(C)C1CCN(Cc2cc(Cl)cc(C(F)(F)F)c2)CC1.CC(C)(C)c1cc(Cl)cc(Cl)c1.CC(C)C1CCN(Cc2ccc(Cl)c(Cl)c2)CC1.CC(C)[C@@H]1CCN(C(c2ccccc2)c2ccccc2)C1.CC(C)[C@H]1CCN(C(c2ccccc2)c2ccccc2)C1.CC(C)c1cc(Cl)cc(OC(F)(F)F)c1.CC(c1ccc(Cl)cc1Cl)N1CCC(C(C)(C)C)CC1. The molecule has 0 saturated carbocycles. The van der Waals surface area contributed by atoms with Crippen molar-refractivity contribution in [3.05, 3.63) is 308 Å². The molecule has 0 bridgehead atoms. The van der Waals surface area contributed by atoms with E-state index in [4.69, 9.17) is 92.8 Å². The third-order valence-electron chi connectivity index (χ3n) is 26.3. The van der Waals surface area contributed by atoms with Gasteiger partial charge >= 0.3 is 12.5 Å². The maximum absolute atomic E-state index is 12.8. The van der Waals surface area contributed by atoms with Crippen molar-refractivity contribution in [2.24, 2.45) is 58.2 Å². The van der Waals surface area contributed by atoms with Gasteiger partial charge in [-0.15, -0.1) is 13.2 Å². The Balaban J connectivity index is 0.000000187. The summed E-state index contributed by atoms with van der Waals surface area (Å²) in [5.41, 5.74) is 10.8. The predicted molar refractivity (Wildman–Crippen MR) is 538 cm³/mol. The fraction of sp³-hybridized carbons (Fsp3) is 0.505. The van der Waals surface area contributed by atoms with Crippen LogP contribution in [-0.2, 0) is 24.7 Å². The molecule has 1 unspecified atom stereocenters. The lowest BCUT2D eigenvalue weighted by Gasteiger charge is -2.41. The van der Waals surface area contributed by atoms with Crippen LogP contribution >= 0.6 is 92.8 Å². The molecule has 9 aromatic rings. The highest BCUT2D eigenvalue weighted by atomic mass is 35.5. The number of hydrogen-bond donors (Lipinski definition) is 0. The molecule has 6 nitrogen and oxygen atoms in total. The Morgan fingerprint density at radius 1 is 0.333 bits per heavy atom. The molecule has 129 heavy (non-hydrogen) atoms. The number of hydrogen-bond acceptors (Lipinski definition) is 6. The summed E-state index contributed by atoms with van der Waals surface area (Å²) in [6.07, 6.45) is 1.00. The molecular formula is C109H141Cl8F6N5O. The van der Waals surface area contributed by atoms with Crippen LogP contribution in [0.15, 0.2) is 212 Å². The second kappa shape index (κ2) is 50.9. The number of likely N-dealkylation sites (tertiary alicyclic amines) is 5. The number of rotatable bonds is 17. The summed E-state index contributed by atoms with van der Waals surface area (Å²) in [4.78, 5) is 12.6. The number of ether oxygens (including phenoxy) is 1. The lowest BCUT2D eigenvalue weighted by molar-refractivity contribution is -0.274. The van der Waals surface area contributed by atoms with Crippen LogP contribution in [0.1, 0.15) is 256 Å². The minimum Gasteiger partial charge on any atom is -0.406 e. The van der Waals surface area contributed by atoms with Crippen molar-refractivity contribution in [2.75, 3.05) is 65.4 Å². The lowest BCUT2D eigenvalue weighted by atomic mass is 9.75. The second-order valence-electron chi connectivity index (χ2n) is 40.2. The Bertz CT molecular complexity index is 4580. The number of nitrogens with zero attached hydrogens (tertiary/aromatic N) is 5.